The lowest BCUT2D eigenvalue weighted by Crippen LogP contribution is -2.25. The van der Waals surface area contributed by atoms with Crippen molar-refractivity contribution in [2.24, 2.45) is 0 Å². The van der Waals surface area contributed by atoms with Gasteiger partial charge in [0.1, 0.15) is 0 Å². The van der Waals surface area contributed by atoms with Gasteiger partial charge in [-0.15, -0.1) is 0 Å². The van der Waals surface area contributed by atoms with Gasteiger partial charge in [0.15, 0.2) is 5.65 Å². The Morgan fingerprint density at radius 2 is 1.63 bits per heavy atom. The fourth-order valence-electron chi connectivity index (χ4n) is 3.80. The summed E-state index contributed by atoms with van der Waals surface area (Å²) >= 11 is 0. The van der Waals surface area contributed by atoms with E-state index in [9.17, 15) is 4.79 Å². The Morgan fingerprint density at radius 3 is 2.33 bits per heavy atom. The maximum atomic E-state index is 12.6. The van der Waals surface area contributed by atoms with Crippen LogP contribution >= 0.6 is 0 Å². The van der Waals surface area contributed by atoms with Crippen molar-refractivity contribution in [3.05, 3.63) is 88.4 Å². The summed E-state index contributed by atoms with van der Waals surface area (Å²) in [6.45, 7) is 8.54. The van der Waals surface area contributed by atoms with Gasteiger partial charge in [0, 0.05) is 29.1 Å². The zero-order valence-corrected chi connectivity index (χ0v) is 17.9. The number of aromatic nitrogens is 3. The van der Waals surface area contributed by atoms with Gasteiger partial charge in [-0.05, 0) is 38.8 Å². The highest BCUT2D eigenvalue weighted by molar-refractivity contribution is 5.82. The number of carbonyl (C=O) groups excluding carboxylic acids is 1. The van der Waals surface area contributed by atoms with E-state index in [0.29, 0.717) is 6.54 Å². The smallest absolute Gasteiger partial charge is 0.224 e. The van der Waals surface area contributed by atoms with Crippen molar-refractivity contribution >= 4 is 11.6 Å². The molecule has 0 bridgehead atoms. The van der Waals surface area contributed by atoms with Crippen molar-refractivity contribution in [3.8, 4) is 11.1 Å². The molecule has 0 radical (unpaired) electrons. The molecular formula is C25H26N4O. The van der Waals surface area contributed by atoms with Crippen LogP contribution in [0.25, 0.3) is 16.8 Å². The molecule has 0 spiro atoms. The first-order valence-electron chi connectivity index (χ1n) is 10.2. The zero-order valence-electron chi connectivity index (χ0n) is 17.9. The van der Waals surface area contributed by atoms with Crippen molar-refractivity contribution in [1.82, 2.24) is 19.9 Å². The molecule has 0 aliphatic heterocycles. The third kappa shape index (κ3) is 3.83. The molecule has 2 heterocycles. The standard InChI is InChI=1S/C25H26N4O/c1-16-10-12-20(13-11-16)15-26-23(30)14-22-17(2)27-25-24(21-8-6-5-7-9-21)18(3)28-29(25)19(22)4/h5-13H,14-15H2,1-4H3,(H,26,30). The Hall–Kier alpha value is -3.47. The fraction of sp³-hybridized carbons (Fsp3) is 0.240. The molecule has 0 aliphatic rings. The predicted octanol–water partition coefficient (Wildman–Crippen LogP) is 4.49. The number of hydrogen-bond donors (Lipinski definition) is 1. The van der Waals surface area contributed by atoms with Crippen LogP contribution in [0, 0.1) is 27.7 Å². The molecule has 1 amide bonds. The number of aryl methyl sites for hydroxylation is 4. The molecule has 0 fully saturated rings. The number of nitrogens with one attached hydrogen (secondary N) is 1. The number of nitrogens with zero attached hydrogens (tertiary/aromatic N) is 3. The number of benzene rings is 2. The second-order valence-electron chi connectivity index (χ2n) is 7.76. The fourth-order valence-corrected chi connectivity index (χ4v) is 3.80. The summed E-state index contributed by atoms with van der Waals surface area (Å²) in [6.07, 6.45) is 0.284. The van der Waals surface area contributed by atoms with E-state index in [2.05, 4.69) is 36.5 Å². The lowest BCUT2D eigenvalue weighted by Gasteiger charge is -2.12. The lowest BCUT2D eigenvalue weighted by molar-refractivity contribution is -0.120. The molecule has 5 nitrogen and oxygen atoms in total. The average Bonchev–Trinajstić information content (AvgIpc) is 3.07. The van der Waals surface area contributed by atoms with Crippen LogP contribution in [0.3, 0.4) is 0 Å². The molecule has 5 heteroatoms. The topological polar surface area (TPSA) is 59.3 Å². The first kappa shape index (κ1) is 19.8. The van der Waals surface area contributed by atoms with Crippen LogP contribution in [-0.4, -0.2) is 20.5 Å². The first-order chi connectivity index (χ1) is 14.4. The van der Waals surface area contributed by atoms with Crippen LogP contribution < -0.4 is 5.32 Å². The van der Waals surface area contributed by atoms with E-state index in [1.807, 2.05) is 55.6 Å². The van der Waals surface area contributed by atoms with Crippen LogP contribution in [0.1, 0.15) is 33.8 Å². The molecule has 2 aromatic heterocycles. The molecule has 4 aromatic rings. The molecule has 4 rings (SSSR count). The number of carbonyl (C=O) groups is 1. The lowest BCUT2D eigenvalue weighted by atomic mass is 10.1. The van der Waals surface area contributed by atoms with Crippen LogP contribution in [0.15, 0.2) is 54.6 Å². The second kappa shape index (κ2) is 8.11. The monoisotopic (exact) mass is 398 g/mol. The second-order valence-corrected chi connectivity index (χ2v) is 7.76. The highest BCUT2D eigenvalue weighted by Gasteiger charge is 2.19. The van der Waals surface area contributed by atoms with E-state index in [1.54, 1.807) is 0 Å². The molecular weight excluding hydrogens is 372 g/mol. The van der Waals surface area contributed by atoms with Crippen LogP contribution in [-0.2, 0) is 17.8 Å². The van der Waals surface area contributed by atoms with Gasteiger partial charge in [-0.1, -0.05) is 60.2 Å². The van der Waals surface area contributed by atoms with Gasteiger partial charge in [-0.25, -0.2) is 9.50 Å². The minimum Gasteiger partial charge on any atom is -0.352 e. The summed E-state index contributed by atoms with van der Waals surface area (Å²) in [6, 6.07) is 18.4. The van der Waals surface area contributed by atoms with Crippen molar-refractivity contribution < 1.29 is 4.79 Å². The average molecular weight is 399 g/mol. The van der Waals surface area contributed by atoms with E-state index >= 15 is 0 Å². The van der Waals surface area contributed by atoms with E-state index in [0.717, 1.165) is 45.0 Å². The highest BCUT2D eigenvalue weighted by atomic mass is 16.1. The van der Waals surface area contributed by atoms with E-state index in [4.69, 9.17) is 10.1 Å². The molecule has 152 valence electrons. The Labute approximate surface area is 176 Å². The molecule has 0 atom stereocenters. The third-order valence-electron chi connectivity index (χ3n) is 5.51. The van der Waals surface area contributed by atoms with E-state index in [1.165, 1.54) is 5.56 Å². The molecule has 0 aliphatic carbocycles. The molecule has 1 N–H and O–H groups in total. The number of rotatable bonds is 5. The van der Waals surface area contributed by atoms with Gasteiger partial charge in [0.2, 0.25) is 5.91 Å². The minimum absolute atomic E-state index is 0.0184. The SMILES string of the molecule is Cc1ccc(CNC(=O)Cc2c(C)nc3c(-c4ccccc4)c(C)nn3c2C)cc1. The maximum Gasteiger partial charge on any atom is 0.224 e. The predicted molar refractivity (Wildman–Crippen MR) is 119 cm³/mol. The van der Waals surface area contributed by atoms with Crippen molar-refractivity contribution in [1.29, 1.82) is 0 Å². The van der Waals surface area contributed by atoms with Crippen LogP contribution in [0.4, 0.5) is 0 Å². The van der Waals surface area contributed by atoms with Crippen LogP contribution in [0.2, 0.25) is 0 Å². The first-order valence-corrected chi connectivity index (χ1v) is 10.2. The molecule has 0 saturated heterocycles. The van der Waals surface area contributed by atoms with Crippen molar-refractivity contribution in [3.63, 3.8) is 0 Å². The van der Waals surface area contributed by atoms with Gasteiger partial charge >= 0.3 is 0 Å². The minimum atomic E-state index is -0.0184. The number of fused-ring (bicyclic) bond motifs is 1. The van der Waals surface area contributed by atoms with E-state index < -0.39 is 0 Å². The largest absolute Gasteiger partial charge is 0.352 e. The van der Waals surface area contributed by atoms with E-state index in [-0.39, 0.29) is 12.3 Å². The highest BCUT2D eigenvalue weighted by Crippen LogP contribution is 2.29. The quantitative estimate of drug-likeness (QED) is 0.539. The van der Waals surface area contributed by atoms with Gasteiger partial charge in [-0.2, -0.15) is 5.10 Å². The van der Waals surface area contributed by atoms with Crippen molar-refractivity contribution in [2.75, 3.05) is 0 Å². The summed E-state index contributed by atoms with van der Waals surface area (Å²) in [5, 5.41) is 7.74. The maximum absolute atomic E-state index is 12.6. The summed E-state index contributed by atoms with van der Waals surface area (Å²) in [7, 11) is 0. The summed E-state index contributed by atoms with van der Waals surface area (Å²) in [5.74, 6) is -0.0184. The summed E-state index contributed by atoms with van der Waals surface area (Å²) in [5.41, 5.74) is 8.93. The van der Waals surface area contributed by atoms with Gasteiger partial charge in [0.05, 0.1) is 12.1 Å². The Kier molecular flexibility index (Phi) is 5.36. The van der Waals surface area contributed by atoms with Gasteiger partial charge in [-0.3, -0.25) is 4.79 Å². The van der Waals surface area contributed by atoms with Gasteiger partial charge < -0.3 is 5.32 Å². The molecule has 0 unspecified atom stereocenters. The Balaban J connectivity index is 1.60. The molecule has 0 saturated carbocycles. The number of amides is 1. The zero-order chi connectivity index (χ0) is 21.3. The van der Waals surface area contributed by atoms with Gasteiger partial charge in [0.25, 0.3) is 0 Å². The summed E-state index contributed by atoms with van der Waals surface area (Å²) < 4.78 is 1.87. The molecule has 30 heavy (non-hydrogen) atoms. The van der Waals surface area contributed by atoms with Crippen LogP contribution in [0.5, 0.6) is 0 Å². The Bertz CT molecular complexity index is 1210. The summed E-state index contributed by atoms with van der Waals surface area (Å²) in [4.78, 5) is 17.5. The normalized spacial score (nSPS) is 11.1. The molecule has 2 aromatic carbocycles. The number of hydrogen-bond acceptors (Lipinski definition) is 3. The Morgan fingerprint density at radius 1 is 0.933 bits per heavy atom. The van der Waals surface area contributed by atoms with Crippen molar-refractivity contribution in [2.45, 2.75) is 40.7 Å². The third-order valence-corrected chi connectivity index (χ3v) is 5.51.